The first-order valence-electron chi connectivity index (χ1n) is 24.1. The average molecular weight is 850 g/mol. The highest BCUT2D eigenvalue weighted by Crippen LogP contribution is 2.66. The Labute approximate surface area is 387 Å². The third-order valence-electron chi connectivity index (χ3n) is 16.3. The molecule has 4 unspecified atom stereocenters. The maximum Gasteiger partial charge on any atom is 0.305 e. The second kappa shape index (κ2) is 14.2. The Bertz CT molecular complexity index is 2970. The lowest BCUT2D eigenvalue weighted by Gasteiger charge is -2.57. The van der Waals surface area contributed by atoms with Crippen LogP contribution in [0.5, 0.6) is 5.75 Å². The predicted octanol–water partition coefficient (Wildman–Crippen LogP) is 14.9. The lowest BCUT2D eigenvalue weighted by molar-refractivity contribution is 0.195. The van der Waals surface area contributed by atoms with Crippen LogP contribution in [0.4, 0.5) is 34.1 Å². The van der Waals surface area contributed by atoms with Gasteiger partial charge in [0.15, 0.2) is 6.23 Å². The topological polar surface area (TPSA) is 19.0 Å². The van der Waals surface area contributed by atoms with Gasteiger partial charge in [-0.1, -0.05) is 158 Å². The molecule has 0 aromatic heterocycles. The number of ether oxygens (including phenoxy) is 1. The fourth-order valence-electron chi connectivity index (χ4n) is 12.7. The lowest BCUT2D eigenvalue weighted by Crippen LogP contribution is -2.71. The first-order valence-corrected chi connectivity index (χ1v) is 24.1. The summed E-state index contributed by atoms with van der Waals surface area (Å²) in [6.45, 7) is 19.4. The minimum absolute atomic E-state index is 0.0172. The van der Waals surface area contributed by atoms with Crippen molar-refractivity contribution in [2.24, 2.45) is 0 Å². The van der Waals surface area contributed by atoms with Gasteiger partial charge in [-0.3, -0.25) is 0 Å². The van der Waals surface area contributed by atoms with E-state index in [0.717, 1.165) is 29.2 Å². The molecule has 4 heterocycles. The fourth-order valence-corrected chi connectivity index (χ4v) is 12.7. The molecule has 7 aromatic rings. The van der Waals surface area contributed by atoms with E-state index in [1.165, 1.54) is 86.3 Å². The number of hydrogen-bond acceptors (Lipinski definition) is 4. The van der Waals surface area contributed by atoms with E-state index in [2.05, 4.69) is 228 Å². The first-order chi connectivity index (χ1) is 31.3. The molecule has 5 aliphatic rings. The van der Waals surface area contributed by atoms with E-state index >= 15 is 0 Å². The van der Waals surface area contributed by atoms with Gasteiger partial charge in [0.2, 0.25) is 0 Å². The molecular formula is C60H60BN3O. The molecule has 12 rings (SSSR count). The number of anilines is 6. The van der Waals surface area contributed by atoms with Gasteiger partial charge in [-0.15, -0.1) is 0 Å². The van der Waals surface area contributed by atoms with Gasteiger partial charge >= 0.3 is 6.85 Å². The Morgan fingerprint density at radius 3 is 1.88 bits per heavy atom. The van der Waals surface area contributed by atoms with Gasteiger partial charge in [-0.25, -0.2) is 0 Å². The van der Waals surface area contributed by atoms with Crippen LogP contribution < -0.4 is 24.8 Å². The van der Waals surface area contributed by atoms with Crippen LogP contribution >= 0.6 is 0 Å². The van der Waals surface area contributed by atoms with Crippen LogP contribution in [0.3, 0.4) is 0 Å². The smallest absolute Gasteiger partial charge is 0.305 e. The van der Waals surface area contributed by atoms with Crippen molar-refractivity contribution in [3.05, 3.63) is 180 Å². The van der Waals surface area contributed by atoms with Crippen molar-refractivity contribution < 1.29 is 4.74 Å². The van der Waals surface area contributed by atoms with Crippen molar-refractivity contribution in [1.82, 2.24) is 0 Å². The summed E-state index contributed by atoms with van der Waals surface area (Å²) in [6, 6.07) is 59.4. The molecule has 1 saturated carbocycles. The van der Waals surface area contributed by atoms with Crippen molar-refractivity contribution in [1.29, 1.82) is 0 Å². The average Bonchev–Trinajstić information content (AvgIpc) is 3.78. The molecule has 0 saturated heterocycles. The van der Waals surface area contributed by atoms with Crippen LogP contribution in [0, 0.1) is 0 Å². The van der Waals surface area contributed by atoms with Gasteiger partial charge in [0.1, 0.15) is 5.75 Å². The zero-order chi connectivity index (χ0) is 44.6. The normalized spacial score (nSPS) is 22.4. The molecule has 5 heteroatoms. The van der Waals surface area contributed by atoms with Crippen LogP contribution in [0.15, 0.2) is 158 Å². The summed E-state index contributed by atoms with van der Waals surface area (Å²) in [4.78, 5) is 8.08. The molecule has 0 bridgehead atoms. The standard InChI is InChI=1S/C60H60BN3O/c1-57(2,3)40-30-31-50(46(34-40)39-22-12-9-13-23-39)63-51-38-44(62(42-24-14-10-15-25-42)43-26-16-11-17-27-43)37-47-48-35-41(58(4,5)6)36-49-55(48)64(60(8)33-21-20-32-59(49,60)7)61(53(47)51)54-45-28-18-19-29-52(45)65-56(54)63/h9-19,22-31,34-38,54,56H,20-21,32-33H2,1-8H3. The van der Waals surface area contributed by atoms with E-state index in [0.29, 0.717) is 0 Å². The van der Waals surface area contributed by atoms with E-state index < -0.39 is 0 Å². The minimum Gasteiger partial charge on any atom is -0.470 e. The molecule has 65 heavy (non-hydrogen) atoms. The van der Waals surface area contributed by atoms with Crippen LogP contribution in [0.25, 0.3) is 22.3 Å². The number of fused-ring (bicyclic) bond motifs is 9. The second-order valence-corrected chi connectivity index (χ2v) is 22.0. The molecule has 0 amide bonds. The van der Waals surface area contributed by atoms with Gasteiger partial charge < -0.3 is 19.3 Å². The molecule has 0 N–H and O–H groups in total. The highest BCUT2D eigenvalue weighted by Gasteiger charge is 2.66. The molecule has 1 aliphatic carbocycles. The summed E-state index contributed by atoms with van der Waals surface area (Å²) in [5.41, 5.74) is 19.2. The molecule has 1 fully saturated rings. The molecule has 4 atom stereocenters. The molecule has 4 aliphatic heterocycles. The zero-order valence-corrected chi connectivity index (χ0v) is 39.3. The summed E-state index contributed by atoms with van der Waals surface area (Å²) >= 11 is 0. The van der Waals surface area contributed by atoms with Gasteiger partial charge in [-0.2, -0.15) is 0 Å². The van der Waals surface area contributed by atoms with Crippen molar-refractivity contribution in [2.75, 3.05) is 14.6 Å². The lowest BCUT2D eigenvalue weighted by atomic mass is 9.37. The fraction of sp³-hybridized carbons (Fsp3) is 0.300. The Morgan fingerprint density at radius 1 is 0.585 bits per heavy atom. The van der Waals surface area contributed by atoms with E-state index in [4.69, 9.17) is 4.74 Å². The number of hydrogen-bond donors (Lipinski definition) is 0. The SMILES string of the molecule is CC(C)(C)c1ccc(N2c3cc(N(c4ccccc4)c4ccccc4)cc4c3B(C3c5ccccc5OC32)N2c3c-4cc(C(C)(C)C)cc3C3(C)CCCCC23C)c(-c2ccccc2)c1. The first kappa shape index (κ1) is 40.3. The Kier molecular flexibility index (Phi) is 8.78. The molecular weight excluding hydrogens is 789 g/mol. The second-order valence-electron chi connectivity index (χ2n) is 22.0. The van der Waals surface area contributed by atoms with E-state index in [1.54, 1.807) is 0 Å². The van der Waals surface area contributed by atoms with E-state index in [1.807, 2.05) is 0 Å². The van der Waals surface area contributed by atoms with Crippen LogP contribution in [-0.2, 0) is 16.2 Å². The predicted molar refractivity (Wildman–Crippen MR) is 274 cm³/mol. The Balaban J connectivity index is 1.24. The van der Waals surface area contributed by atoms with Gasteiger partial charge in [0.05, 0.1) is 5.69 Å². The third-order valence-corrected chi connectivity index (χ3v) is 16.3. The molecule has 0 radical (unpaired) electrons. The summed E-state index contributed by atoms with van der Waals surface area (Å²) in [6.07, 6.45) is 4.54. The van der Waals surface area contributed by atoms with Crippen LogP contribution in [0.1, 0.15) is 109 Å². The minimum atomic E-state index is -0.296. The number of rotatable bonds is 5. The third kappa shape index (κ3) is 5.82. The molecule has 7 aromatic carbocycles. The number of benzene rings is 7. The van der Waals surface area contributed by atoms with Crippen LogP contribution in [-0.4, -0.2) is 18.6 Å². The summed E-state index contributed by atoms with van der Waals surface area (Å²) in [5.74, 6) is 1.03. The zero-order valence-electron chi connectivity index (χ0n) is 39.3. The van der Waals surface area contributed by atoms with Gasteiger partial charge in [-0.05, 0) is 130 Å². The van der Waals surface area contributed by atoms with Crippen molar-refractivity contribution in [3.63, 3.8) is 0 Å². The maximum absolute atomic E-state index is 7.53. The summed E-state index contributed by atoms with van der Waals surface area (Å²) in [7, 11) is 0. The van der Waals surface area contributed by atoms with Crippen LogP contribution in [0.2, 0.25) is 0 Å². The monoisotopic (exact) mass is 849 g/mol. The van der Waals surface area contributed by atoms with E-state index in [-0.39, 0.29) is 40.7 Å². The molecule has 0 spiro atoms. The Hall–Kier alpha value is -6.20. The summed E-state index contributed by atoms with van der Waals surface area (Å²) < 4.78 is 7.53. The molecule has 324 valence electrons. The number of para-hydroxylation sites is 3. The largest absolute Gasteiger partial charge is 0.470 e. The Morgan fingerprint density at radius 2 is 1.20 bits per heavy atom. The van der Waals surface area contributed by atoms with E-state index in [9.17, 15) is 0 Å². The maximum atomic E-state index is 7.53. The highest BCUT2D eigenvalue weighted by atomic mass is 16.5. The van der Waals surface area contributed by atoms with Crippen molar-refractivity contribution >= 4 is 46.4 Å². The van der Waals surface area contributed by atoms with Gasteiger partial charge in [0.25, 0.3) is 0 Å². The summed E-state index contributed by atoms with van der Waals surface area (Å²) in [5, 5.41) is 0. The highest BCUT2D eigenvalue weighted by molar-refractivity contribution is 6.83. The van der Waals surface area contributed by atoms with Crippen molar-refractivity contribution in [3.8, 4) is 28.0 Å². The van der Waals surface area contributed by atoms with Crippen molar-refractivity contribution in [2.45, 2.75) is 115 Å². The van der Waals surface area contributed by atoms with Gasteiger partial charge in [0, 0.05) is 56.3 Å². The molecule has 4 nitrogen and oxygen atoms in total. The number of nitrogens with zero attached hydrogens (tertiary/aromatic N) is 3. The quantitative estimate of drug-likeness (QED) is 0.161.